The summed E-state index contributed by atoms with van der Waals surface area (Å²) in [6.07, 6.45) is -0.695. The normalized spacial score (nSPS) is 14.2. The summed E-state index contributed by atoms with van der Waals surface area (Å²) in [6.45, 7) is 2.29. The first-order valence-corrected chi connectivity index (χ1v) is 9.63. The van der Waals surface area contributed by atoms with Gasteiger partial charge in [-0.1, -0.05) is 11.2 Å². The molecule has 4 rings (SSSR count). The number of aromatic hydroxyl groups is 1. The third-order valence-corrected chi connectivity index (χ3v) is 4.91. The summed E-state index contributed by atoms with van der Waals surface area (Å²) in [5.74, 6) is 0.668. The van der Waals surface area contributed by atoms with E-state index in [-0.39, 0.29) is 23.9 Å². The minimum atomic E-state index is -4.43. The number of hydrogen-bond acceptors (Lipinski definition) is 6. The molecular formula is C21H18F3N5O3. The van der Waals surface area contributed by atoms with E-state index in [1.165, 1.54) is 29.3 Å². The van der Waals surface area contributed by atoms with E-state index in [1.54, 1.807) is 13.0 Å². The van der Waals surface area contributed by atoms with Crippen molar-refractivity contribution in [3.8, 4) is 17.2 Å². The molecule has 1 aromatic carbocycles. The molecule has 2 N–H and O–H groups in total. The predicted molar refractivity (Wildman–Crippen MR) is 109 cm³/mol. The number of nitrogens with one attached hydrogen (secondary N) is 1. The highest BCUT2D eigenvalue weighted by molar-refractivity contribution is 5.90. The van der Waals surface area contributed by atoms with Crippen molar-refractivity contribution in [1.29, 1.82) is 0 Å². The van der Waals surface area contributed by atoms with Crippen LogP contribution >= 0.6 is 0 Å². The number of urea groups is 1. The van der Waals surface area contributed by atoms with Crippen LogP contribution in [-0.2, 0) is 6.18 Å². The monoisotopic (exact) mass is 445 g/mol. The van der Waals surface area contributed by atoms with Crippen LogP contribution in [0.2, 0.25) is 0 Å². The Hall–Kier alpha value is -3.89. The minimum absolute atomic E-state index is 0.0488. The minimum Gasteiger partial charge on any atom is -0.506 e. The van der Waals surface area contributed by atoms with Crippen LogP contribution < -0.4 is 5.32 Å². The predicted octanol–water partition coefficient (Wildman–Crippen LogP) is 4.49. The van der Waals surface area contributed by atoms with Crippen LogP contribution in [0.3, 0.4) is 0 Å². The van der Waals surface area contributed by atoms with Gasteiger partial charge in [0.25, 0.3) is 5.89 Å². The quantitative estimate of drug-likeness (QED) is 0.616. The fourth-order valence-electron chi connectivity index (χ4n) is 3.25. The van der Waals surface area contributed by atoms with Crippen LogP contribution in [0.25, 0.3) is 17.0 Å². The zero-order chi connectivity index (χ0) is 22.9. The number of anilines is 1. The number of hydrogen-bond donors (Lipinski definition) is 2. The fraction of sp³-hybridized carbons (Fsp3) is 0.238. The summed E-state index contributed by atoms with van der Waals surface area (Å²) in [4.78, 5) is 22.3. The number of rotatable bonds is 3. The highest BCUT2D eigenvalue weighted by Gasteiger charge is 2.30. The fourth-order valence-corrected chi connectivity index (χ4v) is 3.25. The molecule has 2 amide bonds. The summed E-state index contributed by atoms with van der Waals surface area (Å²) >= 11 is 0. The lowest BCUT2D eigenvalue weighted by Crippen LogP contribution is -2.37. The molecule has 32 heavy (non-hydrogen) atoms. The molecule has 1 aliphatic rings. The van der Waals surface area contributed by atoms with Gasteiger partial charge >= 0.3 is 12.2 Å². The first-order chi connectivity index (χ1) is 15.2. The first kappa shape index (κ1) is 21.3. The van der Waals surface area contributed by atoms with Crippen molar-refractivity contribution in [2.75, 3.05) is 18.4 Å². The number of aryl methyl sites for hydroxylation is 1. The van der Waals surface area contributed by atoms with E-state index in [1.807, 2.05) is 0 Å². The Bertz CT molecular complexity index is 1170. The lowest BCUT2D eigenvalue weighted by atomic mass is 10.0. The highest BCUT2D eigenvalue weighted by Crippen LogP contribution is 2.32. The molecule has 0 bridgehead atoms. The molecule has 0 fully saturated rings. The van der Waals surface area contributed by atoms with Crippen LogP contribution in [-0.4, -0.2) is 44.3 Å². The summed E-state index contributed by atoms with van der Waals surface area (Å²) in [6, 6.07) is 5.30. The summed E-state index contributed by atoms with van der Waals surface area (Å²) < 4.78 is 43.0. The van der Waals surface area contributed by atoms with E-state index in [2.05, 4.69) is 20.4 Å². The molecule has 166 valence electrons. The van der Waals surface area contributed by atoms with Crippen molar-refractivity contribution in [3.63, 3.8) is 0 Å². The SMILES string of the molecule is Cc1noc(-c2cnc(C3=CCN(C(=O)Nc4ccc(C(F)(F)F)cc4)CC3)c(O)c2)n1. The van der Waals surface area contributed by atoms with Gasteiger partial charge in [-0.15, -0.1) is 0 Å². The largest absolute Gasteiger partial charge is 0.506 e. The number of benzene rings is 1. The maximum Gasteiger partial charge on any atom is 0.416 e. The number of halogens is 3. The Morgan fingerprint density at radius 1 is 1.25 bits per heavy atom. The zero-order valence-electron chi connectivity index (χ0n) is 16.8. The van der Waals surface area contributed by atoms with Crippen molar-refractivity contribution in [1.82, 2.24) is 20.0 Å². The Labute approximate surface area is 180 Å². The van der Waals surface area contributed by atoms with E-state index >= 15 is 0 Å². The second kappa shape index (κ2) is 8.33. The van der Waals surface area contributed by atoms with Gasteiger partial charge in [0.2, 0.25) is 0 Å². The van der Waals surface area contributed by atoms with Gasteiger partial charge in [-0.05, 0) is 49.2 Å². The Morgan fingerprint density at radius 3 is 2.56 bits per heavy atom. The van der Waals surface area contributed by atoms with Crippen molar-refractivity contribution >= 4 is 17.3 Å². The highest BCUT2D eigenvalue weighted by atomic mass is 19.4. The van der Waals surface area contributed by atoms with E-state index in [4.69, 9.17) is 4.52 Å². The average molecular weight is 445 g/mol. The van der Waals surface area contributed by atoms with Crippen molar-refractivity contribution < 1.29 is 27.6 Å². The van der Waals surface area contributed by atoms with E-state index < -0.39 is 17.8 Å². The van der Waals surface area contributed by atoms with Gasteiger partial charge in [0.15, 0.2) is 5.82 Å². The molecule has 3 heterocycles. The molecule has 1 aliphatic heterocycles. The van der Waals surface area contributed by atoms with Crippen molar-refractivity contribution in [3.05, 3.63) is 59.7 Å². The van der Waals surface area contributed by atoms with Gasteiger partial charge in [-0.2, -0.15) is 18.2 Å². The average Bonchev–Trinajstić information content (AvgIpc) is 3.20. The van der Waals surface area contributed by atoms with Gasteiger partial charge < -0.3 is 19.8 Å². The zero-order valence-corrected chi connectivity index (χ0v) is 16.8. The maximum atomic E-state index is 12.7. The number of amides is 2. The molecule has 0 saturated heterocycles. The molecule has 3 aromatic rings. The maximum absolute atomic E-state index is 12.7. The molecule has 0 unspecified atom stereocenters. The molecule has 2 aromatic heterocycles. The van der Waals surface area contributed by atoms with Gasteiger partial charge in [0, 0.05) is 25.0 Å². The molecular weight excluding hydrogens is 427 g/mol. The number of carbonyl (C=O) groups excluding carboxylic acids is 1. The van der Waals surface area contributed by atoms with Crippen LogP contribution in [0.15, 0.2) is 47.1 Å². The number of alkyl halides is 3. The van der Waals surface area contributed by atoms with Crippen LogP contribution in [0.5, 0.6) is 5.75 Å². The van der Waals surface area contributed by atoms with Gasteiger partial charge in [0.05, 0.1) is 11.1 Å². The summed E-state index contributed by atoms with van der Waals surface area (Å²) in [5.41, 5.74) is 1.14. The van der Waals surface area contributed by atoms with Crippen molar-refractivity contribution in [2.24, 2.45) is 0 Å². The Kier molecular flexibility index (Phi) is 5.56. The van der Waals surface area contributed by atoms with E-state index in [0.717, 1.165) is 17.7 Å². The molecule has 0 spiro atoms. The van der Waals surface area contributed by atoms with Gasteiger partial charge in [-0.25, -0.2) is 4.79 Å². The molecule has 8 nitrogen and oxygen atoms in total. The molecule has 0 aliphatic carbocycles. The second-order valence-electron chi connectivity index (χ2n) is 7.17. The molecule has 0 atom stereocenters. The topological polar surface area (TPSA) is 104 Å². The summed E-state index contributed by atoms with van der Waals surface area (Å²) in [5, 5.41) is 16.7. The lowest BCUT2D eigenvalue weighted by molar-refractivity contribution is -0.137. The molecule has 11 heteroatoms. The van der Waals surface area contributed by atoms with Crippen LogP contribution in [0.1, 0.15) is 23.5 Å². The second-order valence-corrected chi connectivity index (χ2v) is 7.17. The van der Waals surface area contributed by atoms with Crippen molar-refractivity contribution in [2.45, 2.75) is 19.5 Å². The van der Waals surface area contributed by atoms with E-state index in [9.17, 15) is 23.1 Å². The van der Waals surface area contributed by atoms with Crippen LogP contribution in [0, 0.1) is 6.92 Å². The Morgan fingerprint density at radius 2 is 2.00 bits per heavy atom. The van der Waals surface area contributed by atoms with Gasteiger partial charge in [0.1, 0.15) is 11.4 Å². The van der Waals surface area contributed by atoms with Gasteiger partial charge in [-0.3, -0.25) is 4.98 Å². The van der Waals surface area contributed by atoms with Crippen LogP contribution in [0.4, 0.5) is 23.7 Å². The molecule has 0 radical (unpaired) electrons. The number of carbonyl (C=O) groups is 1. The third-order valence-electron chi connectivity index (χ3n) is 4.91. The Balaban J connectivity index is 1.40. The smallest absolute Gasteiger partial charge is 0.416 e. The third kappa shape index (κ3) is 4.56. The van der Waals surface area contributed by atoms with E-state index in [0.29, 0.717) is 30.0 Å². The number of nitrogens with zero attached hydrogens (tertiary/aromatic N) is 4. The number of aromatic nitrogens is 3. The first-order valence-electron chi connectivity index (χ1n) is 9.63. The molecule has 0 saturated carbocycles. The lowest BCUT2D eigenvalue weighted by Gasteiger charge is -2.26. The summed E-state index contributed by atoms with van der Waals surface area (Å²) in [7, 11) is 0. The standard InChI is InChI=1S/C21H18F3N5O3/c1-12-26-19(32-28-12)14-10-17(30)18(25-11-14)13-6-8-29(9-7-13)20(31)27-16-4-2-15(3-5-16)21(22,23)24/h2-6,10-11,30H,7-9H2,1H3,(H,27,31). The number of pyridine rings is 1.